The topological polar surface area (TPSA) is 66.9 Å². The highest BCUT2D eigenvalue weighted by Crippen LogP contribution is 2.28. The van der Waals surface area contributed by atoms with E-state index in [1.54, 1.807) is 60.4 Å². The van der Waals surface area contributed by atoms with Gasteiger partial charge in [0.1, 0.15) is 5.75 Å². The molecule has 0 bridgehead atoms. The van der Waals surface area contributed by atoms with Crippen LogP contribution in [0.5, 0.6) is 5.75 Å². The number of carbonyl (C=O) groups excluding carboxylic acids is 1. The first-order chi connectivity index (χ1) is 13.3. The fourth-order valence-electron chi connectivity index (χ4n) is 2.96. The van der Waals surface area contributed by atoms with Crippen molar-refractivity contribution >= 4 is 39.1 Å². The minimum absolute atomic E-state index is 0.220. The Balaban J connectivity index is 1.60. The van der Waals surface area contributed by atoms with Crippen LogP contribution in [0.2, 0.25) is 10.0 Å². The maximum atomic E-state index is 12.7. The zero-order valence-corrected chi connectivity index (χ0v) is 17.5. The van der Waals surface area contributed by atoms with Gasteiger partial charge in [0.2, 0.25) is 10.0 Å². The van der Waals surface area contributed by atoms with Gasteiger partial charge >= 0.3 is 0 Å². The van der Waals surface area contributed by atoms with Crippen LogP contribution < -0.4 is 4.74 Å². The maximum Gasteiger partial charge on any atom is 0.263 e. The molecule has 1 heterocycles. The summed E-state index contributed by atoms with van der Waals surface area (Å²) < 4.78 is 32.4. The molecular weight excluding hydrogens is 423 g/mol. The molecule has 1 saturated heterocycles. The standard InChI is InChI=1S/C19H20Cl2N2O4S/c1-14(27-18-8-7-15(20)13-17(18)21)19(24)22-9-11-23(12-10-22)28(25,26)16-5-3-2-4-6-16/h2-8,13-14H,9-12H2,1H3/t14-/m1/s1. The van der Waals surface area contributed by atoms with Crippen molar-refractivity contribution in [3.8, 4) is 5.75 Å². The smallest absolute Gasteiger partial charge is 0.263 e. The number of ether oxygens (including phenoxy) is 1. The minimum atomic E-state index is -3.56. The Morgan fingerprint density at radius 2 is 1.68 bits per heavy atom. The van der Waals surface area contributed by atoms with E-state index in [1.165, 1.54) is 4.31 Å². The van der Waals surface area contributed by atoms with Crippen molar-refractivity contribution in [3.63, 3.8) is 0 Å². The first-order valence-electron chi connectivity index (χ1n) is 8.75. The van der Waals surface area contributed by atoms with Gasteiger partial charge in [0.25, 0.3) is 5.91 Å². The molecule has 0 unspecified atom stereocenters. The molecule has 2 aromatic rings. The highest BCUT2D eigenvalue weighted by Gasteiger charge is 2.32. The number of amides is 1. The van der Waals surface area contributed by atoms with E-state index in [0.29, 0.717) is 28.9 Å². The Bertz CT molecular complexity index is 946. The van der Waals surface area contributed by atoms with Gasteiger partial charge in [0.15, 0.2) is 6.10 Å². The second-order valence-corrected chi connectivity index (χ2v) is 9.16. The number of piperazine rings is 1. The fourth-order valence-corrected chi connectivity index (χ4v) is 4.86. The van der Waals surface area contributed by atoms with Crippen LogP contribution in [0, 0.1) is 0 Å². The number of sulfonamides is 1. The zero-order chi connectivity index (χ0) is 20.3. The molecule has 0 aliphatic carbocycles. The molecule has 150 valence electrons. The summed E-state index contributed by atoms with van der Waals surface area (Å²) in [5, 5.41) is 0.804. The largest absolute Gasteiger partial charge is 0.479 e. The molecule has 2 aromatic carbocycles. The van der Waals surface area contributed by atoms with Gasteiger partial charge in [-0.3, -0.25) is 4.79 Å². The summed E-state index contributed by atoms with van der Waals surface area (Å²) in [5.41, 5.74) is 0. The van der Waals surface area contributed by atoms with Crippen LogP contribution in [0.25, 0.3) is 0 Å². The molecule has 1 aliphatic rings. The number of carbonyl (C=O) groups is 1. The Hall–Kier alpha value is -1.80. The molecule has 0 spiro atoms. The fraction of sp³-hybridized carbons (Fsp3) is 0.316. The van der Waals surface area contributed by atoms with Crippen molar-refractivity contribution in [2.24, 2.45) is 0 Å². The third-order valence-corrected chi connectivity index (χ3v) is 6.92. The SMILES string of the molecule is C[C@@H](Oc1ccc(Cl)cc1Cl)C(=O)N1CCN(S(=O)(=O)c2ccccc2)CC1. The molecular formula is C19H20Cl2N2O4S. The van der Waals surface area contributed by atoms with Crippen LogP contribution in [0.3, 0.4) is 0 Å². The summed E-state index contributed by atoms with van der Waals surface area (Å²) in [4.78, 5) is 14.5. The van der Waals surface area contributed by atoms with Crippen molar-refractivity contribution in [1.29, 1.82) is 0 Å². The Labute approximate surface area is 174 Å². The van der Waals surface area contributed by atoms with E-state index in [9.17, 15) is 13.2 Å². The third-order valence-electron chi connectivity index (χ3n) is 4.48. The zero-order valence-electron chi connectivity index (χ0n) is 15.2. The molecule has 0 N–H and O–H groups in total. The Morgan fingerprint density at radius 3 is 2.29 bits per heavy atom. The summed E-state index contributed by atoms with van der Waals surface area (Å²) in [6, 6.07) is 13.1. The molecule has 1 atom stereocenters. The van der Waals surface area contributed by atoms with Gasteiger partial charge in [-0.2, -0.15) is 4.31 Å². The second kappa shape index (κ2) is 8.69. The summed E-state index contributed by atoms with van der Waals surface area (Å²) in [6.45, 7) is 2.70. The number of hydrogen-bond acceptors (Lipinski definition) is 4. The van der Waals surface area contributed by atoms with Gasteiger partial charge in [0, 0.05) is 31.2 Å². The van der Waals surface area contributed by atoms with Crippen LogP contribution >= 0.6 is 23.2 Å². The molecule has 28 heavy (non-hydrogen) atoms. The van der Waals surface area contributed by atoms with E-state index in [1.807, 2.05) is 0 Å². The average molecular weight is 443 g/mol. The van der Waals surface area contributed by atoms with Gasteiger partial charge in [-0.15, -0.1) is 0 Å². The van der Waals surface area contributed by atoms with Crippen LogP contribution in [0.1, 0.15) is 6.92 Å². The molecule has 1 fully saturated rings. The summed E-state index contributed by atoms with van der Waals surface area (Å²) in [7, 11) is -3.56. The van der Waals surface area contributed by atoms with Gasteiger partial charge in [-0.1, -0.05) is 41.4 Å². The van der Waals surface area contributed by atoms with Gasteiger partial charge in [-0.25, -0.2) is 8.42 Å². The van der Waals surface area contributed by atoms with Crippen LogP contribution in [-0.4, -0.2) is 55.8 Å². The molecule has 6 nitrogen and oxygen atoms in total. The quantitative estimate of drug-likeness (QED) is 0.712. The number of rotatable bonds is 5. The summed E-state index contributed by atoms with van der Waals surface area (Å²) in [6.07, 6.45) is -0.754. The lowest BCUT2D eigenvalue weighted by Crippen LogP contribution is -2.53. The predicted octanol–water partition coefficient (Wildman–Crippen LogP) is 3.29. The molecule has 3 rings (SSSR count). The van der Waals surface area contributed by atoms with E-state index in [-0.39, 0.29) is 23.9 Å². The van der Waals surface area contributed by atoms with Crippen molar-refractivity contribution in [2.75, 3.05) is 26.2 Å². The van der Waals surface area contributed by atoms with E-state index < -0.39 is 16.1 Å². The molecule has 1 aliphatic heterocycles. The van der Waals surface area contributed by atoms with Crippen molar-refractivity contribution in [2.45, 2.75) is 17.9 Å². The number of nitrogens with zero attached hydrogens (tertiary/aromatic N) is 2. The van der Waals surface area contributed by atoms with E-state index in [4.69, 9.17) is 27.9 Å². The second-order valence-electron chi connectivity index (χ2n) is 6.38. The molecule has 0 radical (unpaired) electrons. The van der Waals surface area contributed by atoms with E-state index >= 15 is 0 Å². The highest BCUT2D eigenvalue weighted by atomic mass is 35.5. The van der Waals surface area contributed by atoms with Crippen molar-refractivity contribution < 1.29 is 17.9 Å². The predicted molar refractivity (Wildman–Crippen MR) is 108 cm³/mol. The molecule has 1 amide bonds. The lowest BCUT2D eigenvalue weighted by Gasteiger charge is -2.35. The number of benzene rings is 2. The molecule has 0 saturated carbocycles. The number of hydrogen-bond donors (Lipinski definition) is 0. The summed E-state index contributed by atoms with van der Waals surface area (Å²) >= 11 is 11.9. The Kier molecular flexibility index (Phi) is 6.50. The average Bonchev–Trinajstić information content (AvgIpc) is 2.70. The van der Waals surface area contributed by atoms with Gasteiger partial charge < -0.3 is 9.64 Å². The Morgan fingerprint density at radius 1 is 1.04 bits per heavy atom. The van der Waals surface area contributed by atoms with Gasteiger partial charge in [-0.05, 0) is 37.3 Å². The number of halogens is 2. The van der Waals surface area contributed by atoms with Crippen LogP contribution in [0.4, 0.5) is 0 Å². The molecule has 0 aromatic heterocycles. The normalized spacial score (nSPS) is 16.6. The first kappa shape index (κ1) is 20.9. The summed E-state index contributed by atoms with van der Waals surface area (Å²) in [5.74, 6) is 0.153. The lowest BCUT2D eigenvalue weighted by molar-refractivity contribution is -0.139. The third kappa shape index (κ3) is 4.60. The van der Waals surface area contributed by atoms with Crippen molar-refractivity contribution in [3.05, 3.63) is 58.6 Å². The van der Waals surface area contributed by atoms with E-state index in [2.05, 4.69) is 0 Å². The van der Waals surface area contributed by atoms with Crippen LogP contribution in [-0.2, 0) is 14.8 Å². The first-order valence-corrected chi connectivity index (χ1v) is 10.9. The van der Waals surface area contributed by atoms with E-state index in [0.717, 1.165) is 0 Å². The monoisotopic (exact) mass is 442 g/mol. The highest BCUT2D eigenvalue weighted by molar-refractivity contribution is 7.89. The lowest BCUT2D eigenvalue weighted by atomic mass is 10.2. The minimum Gasteiger partial charge on any atom is -0.479 e. The van der Waals surface area contributed by atoms with Crippen molar-refractivity contribution in [1.82, 2.24) is 9.21 Å². The van der Waals surface area contributed by atoms with Crippen LogP contribution in [0.15, 0.2) is 53.4 Å². The van der Waals surface area contributed by atoms with Gasteiger partial charge in [0.05, 0.1) is 9.92 Å². The maximum absolute atomic E-state index is 12.7. The molecule has 9 heteroatoms.